The number of ether oxygens (including phenoxy) is 1. The summed E-state index contributed by atoms with van der Waals surface area (Å²) in [6.07, 6.45) is 2.04. The highest BCUT2D eigenvalue weighted by Gasteiger charge is 2.33. The van der Waals surface area contributed by atoms with Crippen LogP contribution in [0.5, 0.6) is 5.75 Å². The third-order valence-electron chi connectivity index (χ3n) is 5.40. The van der Waals surface area contributed by atoms with Crippen LogP contribution in [-0.2, 0) is 11.2 Å². The molecule has 3 aliphatic rings. The van der Waals surface area contributed by atoms with Crippen molar-refractivity contribution in [3.8, 4) is 5.75 Å². The topological polar surface area (TPSA) is 44.8 Å². The number of fused-ring (bicyclic) bond motifs is 1. The van der Waals surface area contributed by atoms with E-state index in [4.69, 9.17) is 4.74 Å². The Morgan fingerprint density at radius 2 is 2.00 bits per heavy atom. The van der Waals surface area contributed by atoms with Gasteiger partial charge in [0.05, 0.1) is 5.92 Å². The van der Waals surface area contributed by atoms with E-state index in [1.54, 1.807) is 0 Å². The molecule has 0 bridgehead atoms. The van der Waals surface area contributed by atoms with Crippen molar-refractivity contribution in [1.82, 2.24) is 15.1 Å². The van der Waals surface area contributed by atoms with Crippen LogP contribution in [0.2, 0.25) is 0 Å². The first-order valence-corrected chi connectivity index (χ1v) is 8.75. The van der Waals surface area contributed by atoms with Gasteiger partial charge in [-0.15, -0.1) is 0 Å². The van der Waals surface area contributed by atoms with Crippen molar-refractivity contribution in [2.75, 3.05) is 45.9 Å². The lowest BCUT2D eigenvalue weighted by atomic mass is 9.95. The minimum atomic E-state index is -0.0235. The average molecular weight is 315 g/mol. The molecule has 0 saturated carbocycles. The predicted octanol–water partition coefficient (Wildman–Crippen LogP) is 0.744. The smallest absolute Gasteiger partial charge is 0.229 e. The first-order chi connectivity index (χ1) is 11.3. The second-order valence-corrected chi connectivity index (χ2v) is 6.83. The second-order valence-electron chi connectivity index (χ2n) is 6.83. The molecule has 0 aliphatic carbocycles. The number of rotatable bonds is 2. The Bertz CT molecular complexity index is 563. The number of piperazine rings is 1. The minimum absolute atomic E-state index is 0.0235. The first kappa shape index (κ1) is 15.0. The minimum Gasteiger partial charge on any atom is -0.492 e. The molecule has 124 valence electrons. The van der Waals surface area contributed by atoms with E-state index in [0.29, 0.717) is 12.6 Å². The number of carbonyl (C=O) groups excluding carboxylic acids is 1. The molecule has 3 aliphatic heterocycles. The van der Waals surface area contributed by atoms with Gasteiger partial charge < -0.3 is 15.0 Å². The number of hydrogen-bond acceptors (Lipinski definition) is 4. The molecule has 1 aromatic carbocycles. The summed E-state index contributed by atoms with van der Waals surface area (Å²) in [5.41, 5.74) is 1.16. The standard InChI is InChI=1S/C18H25N3O2/c22-18(15-11-14-3-1-2-4-17(14)23-13-15)21-9-7-20(8-10-21)16-5-6-19-12-16/h1-4,15-16,19H,5-13H2. The molecule has 23 heavy (non-hydrogen) atoms. The van der Waals surface area contributed by atoms with Crippen LogP contribution >= 0.6 is 0 Å². The molecule has 0 radical (unpaired) electrons. The van der Waals surface area contributed by atoms with Gasteiger partial charge in [-0.2, -0.15) is 0 Å². The normalized spacial score (nSPS) is 28.3. The highest BCUT2D eigenvalue weighted by molar-refractivity contribution is 5.80. The molecular formula is C18H25N3O2. The van der Waals surface area contributed by atoms with Gasteiger partial charge in [0.2, 0.25) is 5.91 Å². The van der Waals surface area contributed by atoms with Gasteiger partial charge in [-0.1, -0.05) is 18.2 Å². The molecule has 4 rings (SSSR count). The number of hydrogen-bond donors (Lipinski definition) is 1. The predicted molar refractivity (Wildman–Crippen MR) is 88.6 cm³/mol. The summed E-state index contributed by atoms with van der Waals surface area (Å²) in [6.45, 7) is 6.46. The number of carbonyl (C=O) groups is 1. The van der Waals surface area contributed by atoms with E-state index in [1.165, 1.54) is 6.42 Å². The van der Waals surface area contributed by atoms with Crippen molar-refractivity contribution in [1.29, 1.82) is 0 Å². The second kappa shape index (κ2) is 6.49. The summed E-state index contributed by atoms with van der Waals surface area (Å²) >= 11 is 0. The van der Waals surface area contributed by atoms with E-state index < -0.39 is 0 Å². The summed E-state index contributed by atoms with van der Waals surface area (Å²) < 4.78 is 5.78. The number of nitrogens with zero attached hydrogens (tertiary/aromatic N) is 2. The lowest BCUT2D eigenvalue weighted by Gasteiger charge is -2.39. The molecule has 0 spiro atoms. The molecule has 5 nitrogen and oxygen atoms in total. The van der Waals surface area contributed by atoms with Crippen molar-refractivity contribution in [2.45, 2.75) is 18.9 Å². The van der Waals surface area contributed by atoms with Gasteiger partial charge in [-0.25, -0.2) is 0 Å². The Morgan fingerprint density at radius 1 is 1.17 bits per heavy atom. The van der Waals surface area contributed by atoms with Gasteiger partial charge >= 0.3 is 0 Å². The lowest BCUT2D eigenvalue weighted by Crippen LogP contribution is -2.54. The van der Waals surface area contributed by atoms with E-state index in [9.17, 15) is 4.79 Å². The largest absolute Gasteiger partial charge is 0.492 e. The SMILES string of the molecule is O=C(C1COc2ccccc2C1)N1CCN(C2CCNC2)CC1. The molecule has 1 aromatic rings. The Hall–Kier alpha value is -1.59. The maximum absolute atomic E-state index is 12.8. The van der Waals surface area contributed by atoms with E-state index in [-0.39, 0.29) is 11.8 Å². The Labute approximate surface area is 137 Å². The van der Waals surface area contributed by atoms with E-state index in [0.717, 1.165) is 57.0 Å². The summed E-state index contributed by atoms with van der Waals surface area (Å²) in [5, 5.41) is 3.43. The molecular weight excluding hydrogens is 290 g/mol. The van der Waals surface area contributed by atoms with Crippen LogP contribution in [-0.4, -0.2) is 67.6 Å². The van der Waals surface area contributed by atoms with E-state index >= 15 is 0 Å². The van der Waals surface area contributed by atoms with Gasteiger partial charge in [0.1, 0.15) is 12.4 Å². The van der Waals surface area contributed by atoms with Gasteiger partial charge in [-0.05, 0) is 31.0 Å². The van der Waals surface area contributed by atoms with Crippen LogP contribution in [0.25, 0.3) is 0 Å². The first-order valence-electron chi connectivity index (χ1n) is 8.75. The zero-order valence-corrected chi connectivity index (χ0v) is 13.5. The number of para-hydroxylation sites is 1. The number of benzene rings is 1. The van der Waals surface area contributed by atoms with Crippen molar-refractivity contribution < 1.29 is 9.53 Å². The fourth-order valence-corrected chi connectivity index (χ4v) is 4.00. The summed E-state index contributed by atoms with van der Waals surface area (Å²) in [6, 6.07) is 8.73. The van der Waals surface area contributed by atoms with Crippen LogP contribution in [0.4, 0.5) is 0 Å². The maximum Gasteiger partial charge on any atom is 0.229 e. The van der Waals surface area contributed by atoms with E-state index in [1.807, 2.05) is 23.1 Å². The fourth-order valence-electron chi connectivity index (χ4n) is 4.00. The van der Waals surface area contributed by atoms with Gasteiger partial charge in [0.25, 0.3) is 0 Å². The van der Waals surface area contributed by atoms with Crippen LogP contribution in [0, 0.1) is 5.92 Å². The Balaban J connectivity index is 1.34. The van der Waals surface area contributed by atoms with Crippen LogP contribution < -0.4 is 10.1 Å². The number of amides is 1. The van der Waals surface area contributed by atoms with Gasteiger partial charge in [0.15, 0.2) is 0 Å². The average Bonchev–Trinajstić information content (AvgIpc) is 3.15. The maximum atomic E-state index is 12.8. The summed E-state index contributed by atoms with van der Waals surface area (Å²) in [7, 11) is 0. The molecule has 2 saturated heterocycles. The summed E-state index contributed by atoms with van der Waals surface area (Å²) in [5.74, 6) is 1.18. The number of nitrogens with one attached hydrogen (secondary N) is 1. The zero-order valence-electron chi connectivity index (χ0n) is 13.5. The van der Waals surface area contributed by atoms with Crippen LogP contribution in [0.3, 0.4) is 0 Å². The van der Waals surface area contributed by atoms with Gasteiger partial charge in [0, 0.05) is 38.8 Å². The van der Waals surface area contributed by atoms with Crippen LogP contribution in [0.15, 0.2) is 24.3 Å². The van der Waals surface area contributed by atoms with E-state index in [2.05, 4.69) is 16.3 Å². The van der Waals surface area contributed by atoms with Crippen molar-refractivity contribution in [2.24, 2.45) is 5.92 Å². The molecule has 2 unspecified atom stereocenters. The molecule has 3 heterocycles. The monoisotopic (exact) mass is 315 g/mol. The van der Waals surface area contributed by atoms with Crippen molar-refractivity contribution in [3.63, 3.8) is 0 Å². The molecule has 2 atom stereocenters. The zero-order chi connectivity index (χ0) is 15.6. The Morgan fingerprint density at radius 3 is 2.78 bits per heavy atom. The molecule has 2 fully saturated rings. The molecule has 0 aromatic heterocycles. The molecule has 1 N–H and O–H groups in total. The van der Waals surface area contributed by atoms with Crippen LogP contribution in [0.1, 0.15) is 12.0 Å². The Kier molecular flexibility index (Phi) is 4.23. The highest BCUT2D eigenvalue weighted by Crippen LogP contribution is 2.28. The molecule has 1 amide bonds. The third-order valence-corrected chi connectivity index (χ3v) is 5.40. The van der Waals surface area contributed by atoms with Crippen molar-refractivity contribution >= 4 is 5.91 Å². The highest BCUT2D eigenvalue weighted by atomic mass is 16.5. The quantitative estimate of drug-likeness (QED) is 0.874. The summed E-state index contributed by atoms with van der Waals surface area (Å²) in [4.78, 5) is 17.4. The lowest BCUT2D eigenvalue weighted by molar-refractivity contribution is -0.139. The molecule has 5 heteroatoms. The fraction of sp³-hybridized carbons (Fsp3) is 0.611. The van der Waals surface area contributed by atoms with Crippen molar-refractivity contribution in [3.05, 3.63) is 29.8 Å². The third kappa shape index (κ3) is 3.08. The van der Waals surface area contributed by atoms with Gasteiger partial charge in [-0.3, -0.25) is 9.69 Å².